The minimum absolute atomic E-state index is 0.00159. The predicted octanol–water partition coefficient (Wildman–Crippen LogP) is 9.20. The molecular formula is C47H82NO12P. The molecule has 2 rings (SSSR count). The number of carbonyl (C=O) groups is 2. The number of phosphoric acid groups is 1. The van der Waals surface area contributed by atoms with Crippen molar-refractivity contribution < 1.29 is 57.3 Å². The summed E-state index contributed by atoms with van der Waals surface area (Å²) < 4.78 is 39.0. The summed E-state index contributed by atoms with van der Waals surface area (Å²) in [7, 11) is -4.48. The molecule has 1 unspecified atom stereocenters. The minimum Gasteiger partial charge on any atom is -0.466 e. The number of carbonyl (C=O) groups excluding carboxylic acids is 2. The fourth-order valence-electron chi connectivity index (χ4n) is 7.79. The van der Waals surface area contributed by atoms with Crippen molar-refractivity contribution in [1.82, 2.24) is 0 Å². The van der Waals surface area contributed by atoms with Crippen molar-refractivity contribution in [3.8, 4) is 0 Å². The van der Waals surface area contributed by atoms with Crippen molar-refractivity contribution in [2.45, 2.75) is 200 Å². The first kappa shape index (κ1) is 54.8. The van der Waals surface area contributed by atoms with Crippen molar-refractivity contribution in [2.75, 3.05) is 26.4 Å². The standard InChI is InChI=1S/C47H82NO12P/c1-5-7-17-23-38(49)29-30-41-40(42(50)33-43(41)51)24-21-22-28-47(53)59-39(35-58-61(54,55)57-32-31-48)34-56-46(52)27-20-16-14-12-10-9-11-13-15-19-26-45-37(4)36(3)44(60-45)25-18-8-6-2/h21-22,29-30,38-43,49-51H,5-20,23-28,31-35,48H2,1-4H3,(H,54,55)/b22-21-,30-29+/t38-,39-,40+,41-,42+,43-/m1/s1. The number of ether oxygens (including phenoxy) is 2. The summed E-state index contributed by atoms with van der Waals surface area (Å²) in [5.74, 6) is 0.565. The highest BCUT2D eigenvalue weighted by molar-refractivity contribution is 7.47. The Bertz CT molecular complexity index is 1450. The Labute approximate surface area is 366 Å². The van der Waals surface area contributed by atoms with Gasteiger partial charge in [-0.25, -0.2) is 4.57 Å². The van der Waals surface area contributed by atoms with Crippen LogP contribution >= 0.6 is 7.82 Å². The maximum absolute atomic E-state index is 12.8. The Kier molecular flexibility index (Phi) is 29.0. The fraction of sp³-hybridized carbons (Fsp3) is 0.787. The highest BCUT2D eigenvalue weighted by Gasteiger charge is 2.39. The summed E-state index contributed by atoms with van der Waals surface area (Å²) in [4.78, 5) is 35.3. The van der Waals surface area contributed by atoms with Crippen LogP contribution in [0.4, 0.5) is 0 Å². The second-order valence-corrected chi connectivity index (χ2v) is 18.3. The van der Waals surface area contributed by atoms with E-state index < -0.39 is 50.8 Å². The molecule has 1 aromatic rings. The average molecular weight is 884 g/mol. The van der Waals surface area contributed by atoms with E-state index in [1.807, 2.05) is 0 Å². The number of furan rings is 1. The molecule has 1 aliphatic carbocycles. The molecule has 1 fully saturated rings. The lowest BCUT2D eigenvalue weighted by atomic mass is 9.89. The Morgan fingerprint density at radius 1 is 0.803 bits per heavy atom. The molecule has 1 aromatic heterocycles. The second-order valence-electron chi connectivity index (χ2n) is 16.8. The largest absolute Gasteiger partial charge is 0.472 e. The molecule has 352 valence electrons. The van der Waals surface area contributed by atoms with Crippen LogP contribution in [0.25, 0.3) is 0 Å². The van der Waals surface area contributed by atoms with Crippen LogP contribution in [-0.4, -0.2) is 82.9 Å². The number of nitrogens with two attached hydrogens (primary N) is 1. The molecule has 0 aliphatic heterocycles. The number of hydrogen-bond acceptors (Lipinski definition) is 12. The number of allylic oxidation sites excluding steroid dienone is 1. The maximum atomic E-state index is 12.8. The first-order chi connectivity index (χ1) is 29.3. The van der Waals surface area contributed by atoms with Gasteiger partial charge in [0.05, 0.1) is 37.9 Å². The summed E-state index contributed by atoms with van der Waals surface area (Å²) in [6.45, 7) is 7.57. The molecule has 1 saturated carbocycles. The molecule has 7 atom stereocenters. The third kappa shape index (κ3) is 23.8. The lowest BCUT2D eigenvalue weighted by molar-refractivity contribution is -0.160. The maximum Gasteiger partial charge on any atom is 0.472 e. The predicted molar refractivity (Wildman–Crippen MR) is 239 cm³/mol. The van der Waals surface area contributed by atoms with Gasteiger partial charge in [0.1, 0.15) is 18.1 Å². The Morgan fingerprint density at radius 3 is 2.02 bits per heavy atom. The van der Waals surface area contributed by atoms with Crippen molar-refractivity contribution in [3.05, 3.63) is 47.0 Å². The highest BCUT2D eigenvalue weighted by atomic mass is 31.2. The number of phosphoric ester groups is 1. The molecule has 0 aromatic carbocycles. The summed E-state index contributed by atoms with van der Waals surface area (Å²) in [5.41, 5.74) is 8.01. The summed E-state index contributed by atoms with van der Waals surface area (Å²) in [5, 5.41) is 31.4. The van der Waals surface area contributed by atoms with Gasteiger partial charge in [-0.15, -0.1) is 0 Å². The zero-order valence-electron chi connectivity index (χ0n) is 37.9. The lowest BCUT2D eigenvalue weighted by Gasteiger charge is -2.20. The van der Waals surface area contributed by atoms with Gasteiger partial charge in [-0.3, -0.25) is 18.6 Å². The van der Waals surface area contributed by atoms with E-state index in [0.29, 0.717) is 19.3 Å². The van der Waals surface area contributed by atoms with Gasteiger partial charge in [-0.2, -0.15) is 0 Å². The van der Waals surface area contributed by atoms with Gasteiger partial charge in [0.2, 0.25) is 0 Å². The van der Waals surface area contributed by atoms with E-state index in [9.17, 15) is 34.4 Å². The van der Waals surface area contributed by atoms with Gasteiger partial charge in [0.25, 0.3) is 0 Å². The van der Waals surface area contributed by atoms with Gasteiger partial charge < -0.3 is 39.8 Å². The summed E-state index contributed by atoms with van der Waals surface area (Å²) in [6, 6.07) is 0. The van der Waals surface area contributed by atoms with Crippen LogP contribution in [0.15, 0.2) is 28.7 Å². The molecule has 1 aliphatic rings. The first-order valence-electron chi connectivity index (χ1n) is 23.4. The number of rotatable bonds is 36. The van der Waals surface area contributed by atoms with Gasteiger partial charge in [0.15, 0.2) is 6.10 Å². The third-order valence-electron chi connectivity index (χ3n) is 11.6. The van der Waals surface area contributed by atoms with Crippen LogP contribution in [0, 0.1) is 25.7 Å². The van der Waals surface area contributed by atoms with E-state index in [-0.39, 0.29) is 50.9 Å². The Hall–Kier alpha value is -2.35. The normalized spacial score (nSPS) is 20.1. The van der Waals surface area contributed by atoms with Crippen LogP contribution in [0.1, 0.15) is 171 Å². The zero-order valence-corrected chi connectivity index (χ0v) is 38.8. The SMILES string of the molecule is CCCCCc1oc(CCCCCCCCCCCCC(=O)OC[C@H](COP(=O)(O)OCCN)OC(=O)C/C=C\C[C@H]2[C@@H](/C=C/[C@H](O)CCCCC)[C@H](O)C[C@@H]2O)c(C)c1C. The number of hydrogen-bond donors (Lipinski definition) is 5. The molecule has 6 N–H and O–H groups in total. The van der Waals surface area contributed by atoms with Crippen molar-refractivity contribution in [3.63, 3.8) is 0 Å². The van der Waals surface area contributed by atoms with Crippen LogP contribution in [-0.2, 0) is 45.5 Å². The van der Waals surface area contributed by atoms with Gasteiger partial charge >= 0.3 is 19.8 Å². The molecule has 0 radical (unpaired) electrons. The van der Waals surface area contributed by atoms with Crippen molar-refractivity contribution >= 4 is 19.8 Å². The molecule has 0 saturated heterocycles. The highest BCUT2D eigenvalue weighted by Crippen LogP contribution is 2.43. The molecule has 0 amide bonds. The number of esters is 2. The molecule has 0 bridgehead atoms. The minimum atomic E-state index is -4.48. The zero-order chi connectivity index (χ0) is 44.9. The van der Waals surface area contributed by atoms with E-state index in [4.69, 9.17) is 28.7 Å². The average Bonchev–Trinajstić information content (AvgIpc) is 3.66. The number of aliphatic hydroxyl groups is 3. The number of aliphatic hydroxyl groups excluding tert-OH is 3. The Balaban J connectivity index is 1.69. The van der Waals surface area contributed by atoms with E-state index in [2.05, 4.69) is 27.7 Å². The topological polar surface area (TPSA) is 208 Å². The summed E-state index contributed by atoms with van der Waals surface area (Å²) >= 11 is 0. The second kappa shape index (κ2) is 32.3. The quantitative estimate of drug-likeness (QED) is 0.0185. The monoisotopic (exact) mass is 884 g/mol. The van der Waals surface area contributed by atoms with Crippen LogP contribution < -0.4 is 5.73 Å². The lowest BCUT2D eigenvalue weighted by Crippen LogP contribution is -2.29. The fourth-order valence-corrected chi connectivity index (χ4v) is 8.55. The van der Waals surface area contributed by atoms with Crippen molar-refractivity contribution in [1.29, 1.82) is 0 Å². The van der Waals surface area contributed by atoms with E-state index in [1.54, 1.807) is 24.3 Å². The van der Waals surface area contributed by atoms with E-state index in [1.165, 1.54) is 74.0 Å². The molecule has 13 nitrogen and oxygen atoms in total. The van der Waals surface area contributed by atoms with Gasteiger partial charge in [0, 0.05) is 38.1 Å². The third-order valence-corrected chi connectivity index (χ3v) is 12.6. The van der Waals surface area contributed by atoms with Gasteiger partial charge in [-0.05, 0) is 63.0 Å². The van der Waals surface area contributed by atoms with Crippen LogP contribution in [0.5, 0.6) is 0 Å². The first-order valence-corrected chi connectivity index (χ1v) is 24.9. The number of unbranched alkanes of at least 4 members (excludes halogenated alkanes) is 13. The molecule has 1 heterocycles. The molecule has 61 heavy (non-hydrogen) atoms. The van der Waals surface area contributed by atoms with Gasteiger partial charge in [-0.1, -0.05) is 122 Å². The molecular weight excluding hydrogens is 801 g/mol. The Morgan fingerprint density at radius 2 is 1.39 bits per heavy atom. The van der Waals surface area contributed by atoms with Crippen molar-refractivity contribution in [2.24, 2.45) is 17.6 Å². The van der Waals surface area contributed by atoms with Crippen LogP contribution in [0.3, 0.4) is 0 Å². The molecule has 0 spiro atoms. The number of aryl methyl sites for hydroxylation is 2. The van der Waals surface area contributed by atoms with Crippen LogP contribution in [0.2, 0.25) is 0 Å². The van der Waals surface area contributed by atoms with E-state index >= 15 is 0 Å². The summed E-state index contributed by atoms with van der Waals surface area (Å²) in [6.07, 6.45) is 24.4. The van der Waals surface area contributed by atoms with E-state index in [0.717, 1.165) is 57.8 Å². The molecule has 14 heteroatoms. The smallest absolute Gasteiger partial charge is 0.466 e.